The Hall–Kier alpha value is -1.29. The average Bonchev–Trinajstić information content (AvgIpc) is 3.16. The number of aromatic nitrogens is 3. The van der Waals surface area contributed by atoms with E-state index in [0.717, 1.165) is 29.3 Å². The van der Waals surface area contributed by atoms with Gasteiger partial charge in [0.1, 0.15) is 10.7 Å². The van der Waals surface area contributed by atoms with Crippen LogP contribution in [-0.2, 0) is 0 Å². The van der Waals surface area contributed by atoms with E-state index in [1.807, 2.05) is 26.2 Å². The molecular weight excluding hydrogens is 308 g/mol. The molecule has 2 fully saturated rings. The second kappa shape index (κ2) is 7.52. The summed E-state index contributed by atoms with van der Waals surface area (Å²) in [6, 6.07) is 2.45. The van der Waals surface area contributed by atoms with Gasteiger partial charge >= 0.3 is 0 Å². The second-order valence-electron chi connectivity index (χ2n) is 6.43. The third-order valence-corrected chi connectivity index (χ3v) is 5.22. The summed E-state index contributed by atoms with van der Waals surface area (Å²) in [6.45, 7) is 5.02. The van der Waals surface area contributed by atoms with Crippen LogP contribution >= 0.6 is 11.6 Å². The number of imidazole rings is 1. The third kappa shape index (κ3) is 3.47. The summed E-state index contributed by atoms with van der Waals surface area (Å²) in [5, 5.41) is 4.09. The SMILES string of the molecule is CC.Clc1cc(NCC2CCC2)c2ncn(C3CCCC3)c2n1. The summed E-state index contributed by atoms with van der Waals surface area (Å²) in [4.78, 5) is 9.13. The molecule has 0 aromatic carbocycles. The van der Waals surface area contributed by atoms with Crippen molar-refractivity contribution in [3.05, 3.63) is 17.5 Å². The van der Waals surface area contributed by atoms with Crippen molar-refractivity contribution in [1.82, 2.24) is 14.5 Å². The van der Waals surface area contributed by atoms with E-state index in [9.17, 15) is 0 Å². The molecule has 0 atom stereocenters. The number of hydrogen-bond donors (Lipinski definition) is 1. The zero-order valence-corrected chi connectivity index (χ0v) is 14.9. The maximum atomic E-state index is 6.23. The number of rotatable bonds is 4. The average molecular weight is 335 g/mol. The lowest BCUT2D eigenvalue weighted by Crippen LogP contribution is -2.21. The monoisotopic (exact) mass is 334 g/mol. The fraction of sp³-hybridized carbons (Fsp3) is 0.667. The number of nitrogens with one attached hydrogen (secondary N) is 1. The third-order valence-electron chi connectivity index (χ3n) is 5.02. The van der Waals surface area contributed by atoms with E-state index in [-0.39, 0.29) is 0 Å². The quantitative estimate of drug-likeness (QED) is 0.757. The van der Waals surface area contributed by atoms with Gasteiger partial charge in [-0.2, -0.15) is 0 Å². The highest BCUT2D eigenvalue weighted by molar-refractivity contribution is 6.30. The number of hydrogen-bond acceptors (Lipinski definition) is 3. The molecule has 5 heteroatoms. The van der Waals surface area contributed by atoms with Gasteiger partial charge in [0, 0.05) is 18.7 Å². The number of nitrogens with zero attached hydrogens (tertiary/aromatic N) is 3. The standard InChI is InChI=1S/C16H21ClN4.C2H6/c17-14-8-13(18-9-11-4-3-5-11)15-16(20-14)21(10-19-15)12-6-1-2-7-12;1-2/h8,10-12H,1-7,9H2,(H,18,20);1-2H3. The second-order valence-corrected chi connectivity index (χ2v) is 6.82. The first-order chi connectivity index (χ1) is 11.3. The first-order valence-electron chi connectivity index (χ1n) is 9.08. The molecule has 0 amide bonds. The molecule has 0 spiro atoms. The van der Waals surface area contributed by atoms with Crippen LogP contribution in [0.4, 0.5) is 5.69 Å². The predicted octanol–water partition coefficient (Wildman–Crippen LogP) is 5.44. The Morgan fingerprint density at radius 3 is 2.57 bits per heavy atom. The maximum Gasteiger partial charge on any atom is 0.163 e. The van der Waals surface area contributed by atoms with E-state index >= 15 is 0 Å². The molecule has 2 heterocycles. The Labute approximate surface area is 143 Å². The molecule has 0 unspecified atom stereocenters. The molecule has 126 valence electrons. The molecule has 0 saturated heterocycles. The van der Waals surface area contributed by atoms with Crippen LogP contribution in [0.5, 0.6) is 0 Å². The molecule has 1 N–H and O–H groups in total. The minimum atomic E-state index is 0.542. The van der Waals surface area contributed by atoms with Crippen molar-refractivity contribution in [3.8, 4) is 0 Å². The van der Waals surface area contributed by atoms with E-state index in [4.69, 9.17) is 11.6 Å². The molecule has 0 aliphatic heterocycles. The first-order valence-corrected chi connectivity index (χ1v) is 9.46. The minimum Gasteiger partial charge on any atom is -0.383 e. The van der Waals surface area contributed by atoms with Gasteiger partial charge in [-0.05, 0) is 31.6 Å². The summed E-state index contributed by atoms with van der Waals surface area (Å²) in [5.41, 5.74) is 2.93. The van der Waals surface area contributed by atoms with Gasteiger partial charge in [-0.1, -0.05) is 44.7 Å². The zero-order valence-electron chi connectivity index (χ0n) is 14.2. The van der Waals surface area contributed by atoms with Gasteiger partial charge < -0.3 is 9.88 Å². The molecule has 4 nitrogen and oxygen atoms in total. The highest BCUT2D eigenvalue weighted by Crippen LogP contribution is 2.34. The summed E-state index contributed by atoms with van der Waals surface area (Å²) in [7, 11) is 0. The van der Waals surface area contributed by atoms with Gasteiger partial charge in [-0.25, -0.2) is 9.97 Å². The van der Waals surface area contributed by atoms with Crippen molar-refractivity contribution < 1.29 is 0 Å². The minimum absolute atomic E-state index is 0.542. The predicted molar refractivity (Wildman–Crippen MR) is 97.2 cm³/mol. The van der Waals surface area contributed by atoms with Gasteiger partial charge in [0.05, 0.1) is 12.0 Å². The summed E-state index contributed by atoms with van der Waals surface area (Å²) in [5.74, 6) is 0.809. The smallest absolute Gasteiger partial charge is 0.163 e. The summed E-state index contributed by atoms with van der Waals surface area (Å²) < 4.78 is 2.22. The number of halogens is 1. The topological polar surface area (TPSA) is 42.7 Å². The number of fused-ring (bicyclic) bond motifs is 1. The van der Waals surface area contributed by atoms with Crippen molar-refractivity contribution in [1.29, 1.82) is 0 Å². The molecule has 23 heavy (non-hydrogen) atoms. The Bertz CT molecular complexity index is 642. The molecule has 2 aliphatic rings. The lowest BCUT2D eigenvalue weighted by Gasteiger charge is -2.25. The lowest BCUT2D eigenvalue weighted by atomic mass is 9.85. The molecule has 0 radical (unpaired) electrons. The molecule has 4 rings (SSSR count). The van der Waals surface area contributed by atoms with Crippen molar-refractivity contribution >= 4 is 28.5 Å². The Balaban J connectivity index is 0.000000753. The highest BCUT2D eigenvalue weighted by atomic mass is 35.5. The summed E-state index contributed by atoms with van der Waals surface area (Å²) in [6.07, 6.45) is 11.1. The van der Waals surface area contributed by atoms with E-state index in [1.54, 1.807) is 0 Å². The van der Waals surface area contributed by atoms with Crippen LogP contribution in [0.25, 0.3) is 11.2 Å². The zero-order chi connectivity index (χ0) is 16.2. The van der Waals surface area contributed by atoms with Crippen LogP contribution in [0.2, 0.25) is 5.15 Å². The fourth-order valence-electron chi connectivity index (χ4n) is 3.51. The van der Waals surface area contributed by atoms with E-state index in [2.05, 4.69) is 19.9 Å². The lowest BCUT2D eigenvalue weighted by molar-refractivity contribution is 0.333. The van der Waals surface area contributed by atoms with Crippen molar-refractivity contribution in [2.75, 3.05) is 11.9 Å². The van der Waals surface area contributed by atoms with Crippen LogP contribution < -0.4 is 5.32 Å². The molecule has 0 bridgehead atoms. The molecule has 2 aliphatic carbocycles. The molecular formula is C18H27ClN4. The fourth-order valence-corrected chi connectivity index (χ4v) is 3.70. The molecule has 2 saturated carbocycles. The Morgan fingerprint density at radius 2 is 1.91 bits per heavy atom. The largest absolute Gasteiger partial charge is 0.383 e. The number of anilines is 1. The van der Waals surface area contributed by atoms with Crippen molar-refractivity contribution in [3.63, 3.8) is 0 Å². The highest BCUT2D eigenvalue weighted by Gasteiger charge is 2.22. The van der Waals surface area contributed by atoms with E-state index in [0.29, 0.717) is 11.2 Å². The number of pyridine rings is 1. The molecule has 2 aromatic rings. The van der Waals surface area contributed by atoms with Crippen LogP contribution in [0.3, 0.4) is 0 Å². The van der Waals surface area contributed by atoms with Gasteiger partial charge in [0.25, 0.3) is 0 Å². The van der Waals surface area contributed by atoms with Crippen LogP contribution in [0.15, 0.2) is 12.4 Å². The van der Waals surface area contributed by atoms with Gasteiger partial charge in [0.2, 0.25) is 0 Å². The Kier molecular flexibility index (Phi) is 5.42. The molecule has 2 aromatic heterocycles. The van der Waals surface area contributed by atoms with Crippen molar-refractivity contribution in [2.45, 2.75) is 64.8 Å². The first kappa shape index (κ1) is 16.6. The van der Waals surface area contributed by atoms with Gasteiger partial charge in [-0.3, -0.25) is 0 Å². The summed E-state index contributed by atoms with van der Waals surface area (Å²) >= 11 is 6.23. The van der Waals surface area contributed by atoms with Crippen LogP contribution in [0.1, 0.15) is 64.8 Å². The Morgan fingerprint density at radius 1 is 1.17 bits per heavy atom. The van der Waals surface area contributed by atoms with Crippen LogP contribution in [0, 0.1) is 5.92 Å². The van der Waals surface area contributed by atoms with Gasteiger partial charge in [-0.15, -0.1) is 0 Å². The van der Waals surface area contributed by atoms with E-state index < -0.39 is 0 Å². The van der Waals surface area contributed by atoms with Crippen molar-refractivity contribution in [2.24, 2.45) is 5.92 Å². The van der Waals surface area contributed by atoms with E-state index in [1.165, 1.54) is 44.9 Å². The van der Waals surface area contributed by atoms with Gasteiger partial charge in [0.15, 0.2) is 5.65 Å². The maximum absolute atomic E-state index is 6.23. The van der Waals surface area contributed by atoms with Crippen LogP contribution in [-0.4, -0.2) is 21.1 Å². The normalized spacial score (nSPS) is 18.6.